The number of methoxy groups -OCH3 is 1. The van der Waals surface area contributed by atoms with Gasteiger partial charge in [-0.05, 0) is 6.42 Å². The van der Waals surface area contributed by atoms with Gasteiger partial charge in [-0.2, -0.15) is 9.98 Å². The zero-order valence-corrected chi connectivity index (χ0v) is 18.8. The summed E-state index contributed by atoms with van der Waals surface area (Å²) in [5.74, 6) is -0.0327. The Hall–Kier alpha value is -1.86. The number of halogens is 1. The fourth-order valence-electron chi connectivity index (χ4n) is 3.30. The van der Waals surface area contributed by atoms with Gasteiger partial charge in [0.1, 0.15) is 0 Å². The number of carbonyl (C=O) groups is 1. The Morgan fingerprint density at radius 1 is 1.47 bits per heavy atom. The maximum absolute atomic E-state index is 13.7. The number of anilines is 1. The summed E-state index contributed by atoms with van der Waals surface area (Å²) >= 11 is 3.28. The molecule has 3 rings (SSSR count). The molecule has 0 amide bonds. The fraction of sp³-hybridized carbons (Fsp3) is 0.667. The van der Waals surface area contributed by atoms with Gasteiger partial charge >= 0.3 is 12.0 Å². The summed E-state index contributed by atoms with van der Waals surface area (Å²) in [4.78, 5) is 26.1. The zero-order valence-electron chi connectivity index (χ0n) is 17.2. The van der Waals surface area contributed by atoms with Crippen LogP contribution in [0.15, 0.2) is 4.99 Å². The third-order valence-electron chi connectivity index (χ3n) is 5.01. The molecule has 2 aliphatic heterocycles. The summed E-state index contributed by atoms with van der Waals surface area (Å²) in [5, 5.41) is 13.7. The maximum Gasteiger partial charge on any atom is 0.323 e. The summed E-state index contributed by atoms with van der Waals surface area (Å²) in [6.07, 6.45) is 2.06. The van der Waals surface area contributed by atoms with Crippen LogP contribution in [0.3, 0.4) is 0 Å². The Balaban J connectivity index is 1.69. The van der Waals surface area contributed by atoms with Gasteiger partial charge in [-0.3, -0.25) is 14.3 Å². The number of morpholine rings is 1. The molecule has 2 atom stereocenters. The van der Waals surface area contributed by atoms with Crippen molar-refractivity contribution in [3.05, 3.63) is 5.21 Å². The Morgan fingerprint density at radius 2 is 2.27 bits per heavy atom. The number of nitrogens with zero attached hydrogens (tertiary/aromatic N) is 5. The number of hydrogen-bond acceptors (Lipinski definition) is 10. The largest absolute Gasteiger partial charge is 0.619 e. The highest BCUT2D eigenvalue weighted by Gasteiger charge is 2.40. The number of aliphatic imine (C=N–C) groups is 1. The van der Waals surface area contributed by atoms with E-state index in [4.69, 9.17) is 19.9 Å². The molecule has 11 nitrogen and oxygen atoms in total. The summed E-state index contributed by atoms with van der Waals surface area (Å²) in [5.41, 5.74) is 6.25. The second kappa shape index (κ2) is 9.96. The fourth-order valence-corrected chi connectivity index (χ4v) is 3.82. The first-order chi connectivity index (χ1) is 14.4. The van der Waals surface area contributed by atoms with Gasteiger partial charge in [-0.15, -0.1) is 4.98 Å². The first-order valence-electron chi connectivity index (χ1n) is 9.92. The number of rotatable bonds is 9. The average Bonchev–Trinajstić information content (AvgIpc) is 2.98. The molecule has 1 aromatic heterocycles. The minimum absolute atomic E-state index is 0.0774. The summed E-state index contributed by atoms with van der Waals surface area (Å²) < 4.78 is 15.3. The van der Waals surface area contributed by atoms with Gasteiger partial charge in [-0.25, -0.2) is 0 Å². The topological polar surface area (TPSA) is 135 Å². The lowest BCUT2D eigenvalue weighted by molar-refractivity contribution is -0.143. The van der Waals surface area contributed by atoms with Crippen LogP contribution in [0.2, 0.25) is 0 Å². The minimum Gasteiger partial charge on any atom is -0.619 e. The van der Waals surface area contributed by atoms with E-state index >= 15 is 0 Å². The van der Waals surface area contributed by atoms with Gasteiger partial charge < -0.3 is 25.2 Å². The quantitative estimate of drug-likeness (QED) is 0.182. The smallest absolute Gasteiger partial charge is 0.323 e. The zero-order chi connectivity index (χ0) is 21.7. The molecule has 1 aromatic rings. The summed E-state index contributed by atoms with van der Waals surface area (Å²) in [6.45, 7) is 4.49. The predicted molar refractivity (Wildman–Crippen MR) is 116 cm³/mol. The molecule has 12 heteroatoms. The molecule has 2 N–H and O–H groups in total. The van der Waals surface area contributed by atoms with E-state index in [1.165, 1.54) is 7.11 Å². The van der Waals surface area contributed by atoms with E-state index in [0.717, 1.165) is 12.8 Å². The Labute approximate surface area is 183 Å². The molecule has 30 heavy (non-hydrogen) atoms. The highest BCUT2D eigenvalue weighted by molar-refractivity contribution is 9.18. The first kappa shape index (κ1) is 22.8. The van der Waals surface area contributed by atoms with E-state index in [1.54, 1.807) is 0 Å². The third-order valence-corrected chi connectivity index (χ3v) is 5.76. The van der Waals surface area contributed by atoms with Crippen LogP contribution in [0.4, 0.5) is 17.3 Å². The Kier molecular flexibility index (Phi) is 7.58. The molecule has 2 unspecified atom stereocenters. The number of hydrogen-bond donors (Lipinski definition) is 1. The first-order valence-corrected chi connectivity index (χ1v) is 10.7. The number of esters is 1. The van der Waals surface area contributed by atoms with Crippen LogP contribution in [-0.4, -0.2) is 78.2 Å². The molecule has 0 spiro atoms. The van der Waals surface area contributed by atoms with Crippen molar-refractivity contribution in [2.75, 3.05) is 52.2 Å². The Morgan fingerprint density at radius 3 is 3.00 bits per heavy atom. The molecule has 2 aliphatic rings. The minimum atomic E-state index is -0.900. The Bertz CT molecular complexity index is 810. The molecule has 0 saturated carbocycles. The van der Waals surface area contributed by atoms with Crippen molar-refractivity contribution in [1.29, 1.82) is 0 Å². The van der Waals surface area contributed by atoms with E-state index in [9.17, 15) is 10.0 Å². The number of amidine groups is 1. The lowest BCUT2D eigenvalue weighted by Crippen LogP contribution is -2.50. The second-order valence-corrected chi connectivity index (χ2v) is 7.91. The number of aromatic nitrogens is 2. The molecule has 0 aliphatic carbocycles. The van der Waals surface area contributed by atoms with Crippen molar-refractivity contribution >= 4 is 44.0 Å². The van der Waals surface area contributed by atoms with E-state index in [2.05, 4.69) is 30.9 Å². The third kappa shape index (κ3) is 5.06. The van der Waals surface area contributed by atoms with Crippen LogP contribution in [0.25, 0.3) is 0 Å². The normalized spacial score (nSPS) is 23.7. The van der Waals surface area contributed by atoms with Crippen molar-refractivity contribution in [1.82, 2.24) is 19.5 Å². The van der Waals surface area contributed by atoms with Crippen molar-refractivity contribution in [3.63, 3.8) is 0 Å². The van der Waals surface area contributed by atoms with Crippen molar-refractivity contribution in [2.24, 2.45) is 4.99 Å². The number of unbranched alkanes of at least 4 members (excludes halogenated alkanes) is 1. The molecule has 1 saturated heterocycles. The molecule has 0 bridgehead atoms. The maximum atomic E-state index is 13.7. The number of carbonyl (C=O) groups excluding carboxylic acids is 1. The van der Waals surface area contributed by atoms with Gasteiger partial charge in [0.15, 0.2) is 11.5 Å². The lowest BCUT2D eigenvalue weighted by atomic mass is 10.2. The van der Waals surface area contributed by atoms with Crippen LogP contribution in [0, 0.1) is 5.21 Å². The number of hydroxylamine groups is 2. The number of quaternary nitrogens is 1. The van der Waals surface area contributed by atoms with Crippen molar-refractivity contribution in [3.8, 4) is 6.01 Å². The second-order valence-electron chi connectivity index (χ2n) is 7.20. The van der Waals surface area contributed by atoms with Gasteiger partial charge in [-0.1, -0.05) is 13.3 Å². The molecule has 3 heterocycles. The number of fused-ring (bicyclic) bond motifs is 1. The van der Waals surface area contributed by atoms with Gasteiger partial charge in [0, 0.05) is 35.4 Å². The molecule has 1 fully saturated rings. The molecular weight excluding hydrogens is 460 g/mol. The molecule has 0 radical (unpaired) electrons. The van der Waals surface area contributed by atoms with Gasteiger partial charge in [0.05, 0.1) is 39.5 Å². The van der Waals surface area contributed by atoms with E-state index < -0.39 is 4.65 Å². The van der Waals surface area contributed by atoms with Crippen LogP contribution in [0.1, 0.15) is 26.2 Å². The number of nitrogens with two attached hydrogens (primary N) is 1. The summed E-state index contributed by atoms with van der Waals surface area (Å²) in [6, 6.07) is 0.0774. The van der Waals surface area contributed by atoms with Gasteiger partial charge in [0.2, 0.25) is 0 Å². The van der Waals surface area contributed by atoms with Gasteiger partial charge in [0.25, 0.3) is 10.6 Å². The predicted octanol–water partition coefficient (Wildman–Crippen LogP) is 1.70. The summed E-state index contributed by atoms with van der Waals surface area (Å²) in [7, 11) is 1.36. The van der Waals surface area contributed by atoms with Crippen LogP contribution in [0.5, 0.6) is 6.01 Å². The molecular formula is C18H27BrN6O5. The number of nitrogen functional groups attached to an aromatic ring is 1. The van der Waals surface area contributed by atoms with Crippen molar-refractivity contribution in [2.45, 2.75) is 32.3 Å². The number of ether oxygens (including phenoxy) is 3. The van der Waals surface area contributed by atoms with E-state index in [-0.39, 0.29) is 53.2 Å². The van der Waals surface area contributed by atoms with Crippen molar-refractivity contribution < 1.29 is 19.0 Å². The monoisotopic (exact) mass is 486 g/mol. The lowest BCUT2D eigenvalue weighted by Gasteiger charge is -2.38. The van der Waals surface area contributed by atoms with E-state index in [0.29, 0.717) is 32.7 Å². The standard InChI is InChI=1S/C18H27BrN6O5/c1-3-4-8-30-18-22-15(20)14-16(23-18)25(27,17(19)21-14)7-5-12-10-24(6-9-29-12)11-13(26)28-2/h12H,3-11H2,1-2H3,(H2,20,22,23). The average molecular weight is 487 g/mol. The van der Waals surface area contributed by atoms with Crippen LogP contribution < -0.4 is 15.1 Å². The van der Waals surface area contributed by atoms with E-state index in [1.807, 2.05) is 11.8 Å². The molecule has 0 aromatic carbocycles. The van der Waals surface area contributed by atoms with Crippen LogP contribution in [-0.2, 0) is 14.3 Å². The van der Waals surface area contributed by atoms with Crippen LogP contribution >= 0.6 is 15.9 Å². The molecule has 166 valence electrons. The highest BCUT2D eigenvalue weighted by atomic mass is 79.9. The highest BCUT2D eigenvalue weighted by Crippen LogP contribution is 2.44. The SMILES string of the molecule is CCCCOc1nc(N)c2c(n1)[N+]([O-])(CCC1CN(CC(=O)OC)CCO1)C(Br)=N2.